The fraction of sp³-hybridized carbons (Fsp3) is 0.235. The summed E-state index contributed by atoms with van der Waals surface area (Å²) >= 11 is 0. The number of carbonyl (C=O) groups is 1. The highest BCUT2D eigenvalue weighted by molar-refractivity contribution is 5.97. The molecule has 2 aromatic carbocycles. The lowest BCUT2D eigenvalue weighted by Crippen LogP contribution is -2.27. The molecule has 0 radical (unpaired) electrons. The molecule has 2 rings (SSSR count). The molecule has 0 amide bonds. The van der Waals surface area contributed by atoms with Crippen molar-refractivity contribution < 1.29 is 9.63 Å². The minimum atomic E-state index is -0.312. The Kier molecular flexibility index (Phi) is 4.91. The molecule has 0 heterocycles. The van der Waals surface area contributed by atoms with E-state index in [1.807, 2.05) is 62.4 Å². The van der Waals surface area contributed by atoms with Gasteiger partial charge in [-0.2, -0.15) is 0 Å². The van der Waals surface area contributed by atoms with Gasteiger partial charge in [0, 0.05) is 13.1 Å². The van der Waals surface area contributed by atoms with Crippen LogP contribution < -0.4 is 0 Å². The number of hydrogen-bond acceptors (Lipinski definition) is 3. The molecule has 0 aliphatic heterocycles. The van der Waals surface area contributed by atoms with E-state index in [1.54, 1.807) is 11.1 Å². The van der Waals surface area contributed by atoms with Crippen molar-refractivity contribution in [1.29, 1.82) is 0 Å². The predicted molar refractivity (Wildman–Crippen MR) is 80.2 cm³/mol. The quantitative estimate of drug-likeness (QED) is 0.774. The molecule has 0 N–H and O–H groups in total. The smallest absolute Gasteiger partial charge is 0.357 e. The Bertz CT molecular complexity index is 562. The van der Waals surface area contributed by atoms with Crippen LogP contribution in [-0.4, -0.2) is 24.1 Å². The molecule has 0 aliphatic rings. The van der Waals surface area contributed by atoms with Gasteiger partial charge in [-0.1, -0.05) is 48.5 Å². The van der Waals surface area contributed by atoms with Crippen LogP contribution in [0.3, 0.4) is 0 Å². The van der Waals surface area contributed by atoms with Gasteiger partial charge in [0.1, 0.15) is 0 Å². The van der Waals surface area contributed by atoms with Crippen molar-refractivity contribution in [3.63, 3.8) is 0 Å². The Morgan fingerprint density at radius 1 is 0.950 bits per heavy atom. The van der Waals surface area contributed by atoms with Gasteiger partial charge in [0.15, 0.2) is 0 Å². The molecule has 2 aromatic rings. The molecule has 0 saturated carbocycles. The third-order valence-electron chi connectivity index (χ3n) is 3.15. The van der Waals surface area contributed by atoms with Crippen LogP contribution in [0, 0.1) is 0 Å². The number of rotatable bonds is 5. The second-order valence-corrected chi connectivity index (χ2v) is 4.40. The predicted octanol–water partition coefficient (Wildman–Crippen LogP) is 3.77. The second-order valence-electron chi connectivity index (χ2n) is 4.40. The summed E-state index contributed by atoms with van der Waals surface area (Å²) in [6.45, 7) is 5.27. The largest absolute Gasteiger partial charge is 0.364 e. The van der Waals surface area contributed by atoms with E-state index in [1.165, 1.54) is 0 Å². The minimum Gasteiger partial charge on any atom is -0.364 e. The molecule has 3 heteroatoms. The van der Waals surface area contributed by atoms with E-state index in [2.05, 4.69) is 0 Å². The molecule has 104 valence electrons. The maximum atomic E-state index is 12.3. The van der Waals surface area contributed by atoms with Crippen molar-refractivity contribution in [2.24, 2.45) is 0 Å². The summed E-state index contributed by atoms with van der Waals surface area (Å²) in [4.78, 5) is 17.7. The molecule has 0 aliphatic carbocycles. The van der Waals surface area contributed by atoms with Crippen LogP contribution in [0.2, 0.25) is 0 Å². The summed E-state index contributed by atoms with van der Waals surface area (Å²) in [5.41, 5.74) is 2.50. The van der Waals surface area contributed by atoms with E-state index >= 15 is 0 Å². The van der Waals surface area contributed by atoms with E-state index in [-0.39, 0.29) is 5.97 Å². The Balaban J connectivity index is 2.31. The zero-order valence-electron chi connectivity index (χ0n) is 11.9. The first-order valence-electron chi connectivity index (χ1n) is 6.88. The maximum absolute atomic E-state index is 12.3. The summed E-state index contributed by atoms with van der Waals surface area (Å²) in [7, 11) is 0. The van der Waals surface area contributed by atoms with Crippen LogP contribution in [0.25, 0.3) is 11.1 Å². The second kappa shape index (κ2) is 6.87. The van der Waals surface area contributed by atoms with Gasteiger partial charge in [0.05, 0.1) is 5.56 Å². The zero-order chi connectivity index (χ0) is 14.4. The molecule has 3 nitrogen and oxygen atoms in total. The Morgan fingerprint density at radius 2 is 1.55 bits per heavy atom. The van der Waals surface area contributed by atoms with Crippen molar-refractivity contribution >= 4 is 5.97 Å². The standard InChI is InChI=1S/C17H19NO2/c1-3-18(4-2)20-17(19)16-13-9-8-12-15(16)14-10-6-5-7-11-14/h5-13H,3-4H2,1-2H3. The first-order valence-corrected chi connectivity index (χ1v) is 6.88. The maximum Gasteiger partial charge on any atom is 0.357 e. The highest BCUT2D eigenvalue weighted by Gasteiger charge is 2.16. The summed E-state index contributed by atoms with van der Waals surface area (Å²) in [6.07, 6.45) is 0. The van der Waals surface area contributed by atoms with Gasteiger partial charge < -0.3 is 4.84 Å². The van der Waals surface area contributed by atoms with E-state index in [4.69, 9.17) is 4.84 Å². The molecular formula is C17H19NO2. The lowest BCUT2D eigenvalue weighted by molar-refractivity contribution is -0.103. The Morgan fingerprint density at radius 3 is 2.20 bits per heavy atom. The normalized spacial score (nSPS) is 10.6. The van der Waals surface area contributed by atoms with E-state index in [0.717, 1.165) is 11.1 Å². The molecule has 20 heavy (non-hydrogen) atoms. The molecule has 0 fully saturated rings. The van der Waals surface area contributed by atoms with E-state index in [0.29, 0.717) is 18.7 Å². The monoisotopic (exact) mass is 269 g/mol. The van der Waals surface area contributed by atoms with Gasteiger partial charge in [0.2, 0.25) is 0 Å². The average molecular weight is 269 g/mol. The molecule has 0 spiro atoms. The van der Waals surface area contributed by atoms with Crippen LogP contribution in [0.4, 0.5) is 0 Å². The van der Waals surface area contributed by atoms with Crippen LogP contribution in [-0.2, 0) is 4.84 Å². The summed E-state index contributed by atoms with van der Waals surface area (Å²) < 4.78 is 0. The summed E-state index contributed by atoms with van der Waals surface area (Å²) in [5.74, 6) is -0.312. The summed E-state index contributed by atoms with van der Waals surface area (Å²) in [6, 6.07) is 17.4. The minimum absolute atomic E-state index is 0.312. The average Bonchev–Trinajstić information content (AvgIpc) is 2.53. The third-order valence-corrected chi connectivity index (χ3v) is 3.15. The highest BCUT2D eigenvalue weighted by atomic mass is 16.7. The molecule has 0 unspecified atom stereocenters. The van der Waals surface area contributed by atoms with Gasteiger partial charge in [-0.15, -0.1) is 5.06 Å². The van der Waals surface area contributed by atoms with E-state index < -0.39 is 0 Å². The van der Waals surface area contributed by atoms with Crippen LogP contribution in [0.1, 0.15) is 24.2 Å². The van der Waals surface area contributed by atoms with Crippen molar-refractivity contribution in [3.05, 3.63) is 60.2 Å². The molecule has 0 atom stereocenters. The van der Waals surface area contributed by atoms with Gasteiger partial charge in [0.25, 0.3) is 0 Å². The molecule has 0 bridgehead atoms. The first kappa shape index (κ1) is 14.3. The lowest BCUT2D eigenvalue weighted by Gasteiger charge is -2.18. The number of hydrogen-bond donors (Lipinski definition) is 0. The van der Waals surface area contributed by atoms with E-state index in [9.17, 15) is 4.79 Å². The zero-order valence-corrected chi connectivity index (χ0v) is 11.9. The van der Waals surface area contributed by atoms with Crippen LogP contribution >= 0.6 is 0 Å². The summed E-state index contributed by atoms with van der Waals surface area (Å²) in [5, 5.41) is 1.64. The first-order chi connectivity index (χ1) is 9.76. The fourth-order valence-corrected chi connectivity index (χ4v) is 2.05. The highest BCUT2D eigenvalue weighted by Crippen LogP contribution is 2.24. The van der Waals surface area contributed by atoms with Crippen molar-refractivity contribution in [3.8, 4) is 11.1 Å². The third kappa shape index (κ3) is 3.25. The molecular weight excluding hydrogens is 250 g/mol. The number of hydroxylamine groups is 2. The number of benzene rings is 2. The Hall–Kier alpha value is -2.13. The topological polar surface area (TPSA) is 29.5 Å². The van der Waals surface area contributed by atoms with Gasteiger partial charge in [-0.3, -0.25) is 0 Å². The van der Waals surface area contributed by atoms with Crippen molar-refractivity contribution in [1.82, 2.24) is 5.06 Å². The Labute approximate surface area is 119 Å². The van der Waals surface area contributed by atoms with Crippen molar-refractivity contribution in [2.75, 3.05) is 13.1 Å². The van der Waals surface area contributed by atoms with Crippen LogP contribution in [0.5, 0.6) is 0 Å². The molecule has 0 saturated heterocycles. The SMILES string of the molecule is CCN(CC)OC(=O)c1ccccc1-c1ccccc1. The van der Waals surface area contributed by atoms with Crippen LogP contribution in [0.15, 0.2) is 54.6 Å². The number of carbonyl (C=O) groups excluding carboxylic acids is 1. The van der Waals surface area contributed by atoms with Gasteiger partial charge in [-0.05, 0) is 31.0 Å². The van der Waals surface area contributed by atoms with Gasteiger partial charge in [-0.25, -0.2) is 4.79 Å². The fourth-order valence-electron chi connectivity index (χ4n) is 2.05. The molecule has 0 aromatic heterocycles. The van der Waals surface area contributed by atoms with Gasteiger partial charge >= 0.3 is 5.97 Å². The lowest BCUT2D eigenvalue weighted by atomic mass is 10.00. The number of nitrogens with zero attached hydrogens (tertiary/aromatic N) is 1. The van der Waals surface area contributed by atoms with Crippen molar-refractivity contribution in [2.45, 2.75) is 13.8 Å².